The van der Waals surface area contributed by atoms with E-state index in [-0.39, 0.29) is 11.8 Å². The molecule has 2 atom stereocenters. The van der Waals surface area contributed by atoms with Gasteiger partial charge in [0.15, 0.2) is 0 Å². The second kappa shape index (κ2) is 4.09. The van der Waals surface area contributed by atoms with E-state index in [0.717, 1.165) is 19.4 Å². The van der Waals surface area contributed by atoms with E-state index in [9.17, 15) is 4.79 Å². The fourth-order valence-corrected chi connectivity index (χ4v) is 2.06. The lowest BCUT2D eigenvalue weighted by molar-refractivity contribution is -0.140. The molecule has 1 aliphatic heterocycles. The lowest BCUT2D eigenvalue weighted by Crippen LogP contribution is -2.31. The summed E-state index contributed by atoms with van der Waals surface area (Å²) in [6.07, 6.45) is 2.17. The molecular weight excluding hydrogens is 168 g/mol. The molecule has 0 radical (unpaired) electrons. The highest BCUT2D eigenvalue weighted by Gasteiger charge is 2.40. The largest absolute Gasteiger partial charge is 0.481 e. The van der Waals surface area contributed by atoms with Gasteiger partial charge in [0.2, 0.25) is 0 Å². The molecule has 1 aliphatic rings. The Morgan fingerprint density at radius 3 is 2.77 bits per heavy atom. The summed E-state index contributed by atoms with van der Waals surface area (Å²) in [5.74, 6) is -0.267. The predicted octanol–water partition coefficient (Wildman–Crippen LogP) is 1.91. The molecule has 3 nitrogen and oxygen atoms in total. The van der Waals surface area contributed by atoms with Crippen LogP contribution >= 0.6 is 0 Å². The average Bonchev–Trinajstić information content (AvgIpc) is 2.51. The highest BCUT2D eigenvalue weighted by molar-refractivity contribution is 5.67. The van der Waals surface area contributed by atoms with E-state index in [0.29, 0.717) is 12.5 Å². The summed E-state index contributed by atoms with van der Waals surface area (Å²) in [5, 5.41) is 8.83. The summed E-state index contributed by atoms with van der Waals surface area (Å²) in [6, 6.07) is 0. The van der Waals surface area contributed by atoms with Crippen molar-refractivity contribution in [3.63, 3.8) is 0 Å². The topological polar surface area (TPSA) is 46.5 Å². The Balaban J connectivity index is 2.68. The fourth-order valence-electron chi connectivity index (χ4n) is 2.06. The third-order valence-corrected chi connectivity index (χ3v) is 3.29. The summed E-state index contributed by atoms with van der Waals surface area (Å²) in [4.78, 5) is 10.7. The number of carboxylic acids is 1. The average molecular weight is 186 g/mol. The molecule has 1 heterocycles. The van der Waals surface area contributed by atoms with Crippen molar-refractivity contribution in [3.05, 3.63) is 0 Å². The van der Waals surface area contributed by atoms with Crippen molar-refractivity contribution in [3.8, 4) is 0 Å². The molecule has 1 rings (SSSR count). The molecule has 0 aromatic rings. The first kappa shape index (κ1) is 10.5. The van der Waals surface area contributed by atoms with Gasteiger partial charge in [0.25, 0.3) is 0 Å². The maximum Gasteiger partial charge on any atom is 0.304 e. The van der Waals surface area contributed by atoms with Gasteiger partial charge in [-0.15, -0.1) is 0 Å². The minimum atomic E-state index is -0.703. The Bertz CT molecular complexity index is 183. The third-order valence-electron chi connectivity index (χ3n) is 3.29. The van der Waals surface area contributed by atoms with Gasteiger partial charge in [-0.1, -0.05) is 20.3 Å². The fraction of sp³-hybridized carbons (Fsp3) is 0.900. The van der Waals surface area contributed by atoms with Crippen molar-refractivity contribution in [2.45, 2.75) is 33.1 Å². The lowest BCUT2D eigenvalue weighted by Gasteiger charge is -2.31. The van der Waals surface area contributed by atoms with Crippen molar-refractivity contribution in [1.29, 1.82) is 0 Å². The van der Waals surface area contributed by atoms with Crippen LogP contribution in [0, 0.1) is 11.3 Å². The number of hydrogen-bond acceptors (Lipinski definition) is 2. The Morgan fingerprint density at radius 1 is 1.69 bits per heavy atom. The van der Waals surface area contributed by atoms with Gasteiger partial charge in [-0.2, -0.15) is 0 Å². The van der Waals surface area contributed by atoms with Gasteiger partial charge in [0.05, 0.1) is 13.0 Å². The van der Waals surface area contributed by atoms with Gasteiger partial charge < -0.3 is 9.84 Å². The molecule has 1 fully saturated rings. The number of hydrogen-bond donors (Lipinski definition) is 1. The number of carboxylic acid groups (broad SMARTS) is 1. The quantitative estimate of drug-likeness (QED) is 0.729. The zero-order valence-electron chi connectivity index (χ0n) is 8.38. The van der Waals surface area contributed by atoms with E-state index in [4.69, 9.17) is 9.84 Å². The van der Waals surface area contributed by atoms with Gasteiger partial charge in [0.1, 0.15) is 0 Å². The van der Waals surface area contributed by atoms with Crippen LogP contribution in [0.3, 0.4) is 0 Å². The normalized spacial score (nSPS) is 30.3. The minimum absolute atomic E-state index is 0.0966. The van der Waals surface area contributed by atoms with Crippen molar-refractivity contribution in [2.24, 2.45) is 11.3 Å². The molecular formula is C10H18O3. The van der Waals surface area contributed by atoms with Crippen molar-refractivity contribution < 1.29 is 14.6 Å². The van der Waals surface area contributed by atoms with Crippen LogP contribution in [0.1, 0.15) is 33.1 Å². The first-order valence-electron chi connectivity index (χ1n) is 4.90. The molecule has 0 saturated carbocycles. The Hall–Kier alpha value is -0.570. The highest BCUT2D eigenvalue weighted by atomic mass is 16.5. The summed E-state index contributed by atoms with van der Waals surface area (Å²) >= 11 is 0. The van der Waals surface area contributed by atoms with E-state index in [1.807, 2.05) is 0 Å². The molecule has 1 N–H and O–H groups in total. The number of rotatable bonds is 4. The van der Waals surface area contributed by atoms with Crippen LogP contribution in [0.25, 0.3) is 0 Å². The predicted molar refractivity (Wildman–Crippen MR) is 49.6 cm³/mol. The molecule has 3 heteroatoms. The van der Waals surface area contributed by atoms with Gasteiger partial charge in [0, 0.05) is 12.0 Å². The molecule has 0 aromatic carbocycles. The smallest absolute Gasteiger partial charge is 0.304 e. The maximum absolute atomic E-state index is 10.7. The Morgan fingerprint density at radius 2 is 2.38 bits per heavy atom. The van der Waals surface area contributed by atoms with Gasteiger partial charge >= 0.3 is 5.97 Å². The van der Waals surface area contributed by atoms with E-state index in [1.165, 1.54) is 0 Å². The zero-order valence-corrected chi connectivity index (χ0v) is 8.38. The highest BCUT2D eigenvalue weighted by Crippen LogP contribution is 2.41. The standard InChI is InChI=1S/C10H18O3/c1-3-8(2)10(6-9(11)12)4-5-13-7-10/h8H,3-7H2,1-2H3,(H,11,12). The van der Waals surface area contributed by atoms with Crippen molar-refractivity contribution in [1.82, 2.24) is 0 Å². The summed E-state index contributed by atoms with van der Waals surface area (Å²) in [5.41, 5.74) is -0.0966. The van der Waals surface area contributed by atoms with E-state index >= 15 is 0 Å². The number of carbonyl (C=O) groups is 1. The summed E-state index contributed by atoms with van der Waals surface area (Å²) in [7, 11) is 0. The molecule has 13 heavy (non-hydrogen) atoms. The van der Waals surface area contributed by atoms with Gasteiger partial charge in [-0.3, -0.25) is 4.79 Å². The minimum Gasteiger partial charge on any atom is -0.481 e. The monoisotopic (exact) mass is 186 g/mol. The molecule has 76 valence electrons. The second-order valence-electron chi connectivity index (χ2n) is 4.04. The first-order chi connectivity index (χ1) is 6.10. The third kappa shape index (κ3) is 2.21. The molecule has 0 bridgehead atoms. The van der Waals surface area contributed by atoms with E-state index < -0.39 is 5.97 Å². The first-order valence-corrected chi connectivity index (χ1v) is 4.90. The Labute approximate surface area is 79.1 Å². The SMILES string of the molecule is CCC(C)C1(CC(=O)O)CCOC1. The van der Waals surface area contributed by atoms with Crippen LogP contribution in [0.4, 0.5) is 0 Å². The van der Waals surface area contributed by atoms with Crippen molar-refractivity contribution in [2.75, 3.05) is 13.2 Å². The van der Waals surface area contributed by atoms with Crippen LogP contribution < -0.4 is 0 Å². The second-order valence-corrected chi connectivity index (χ2v) is 4.04. The number of aliphatic carboxylic acids is 1. The summed E-state index contributed by atoms with van der Waals surface area (Å²) in [6.45, 7) is 5.57. The molecule has 0 aliphatic carbocycles. The van der Waals surface area contributed by atoms with Crippen LogP contribution in [-0.2, 0) is 9.53 Å². The molecule has 0 amide bonds. The molecule has 0 spiro atoms. The summed E-state index contributed by atoms with van der Waals surface area (Å²) < 4.78 is 5.32. The molecule has 1 saturated heterocycles. The van der Waals surface area contributed by atoms with E-state index in [2.05, 4.69) is 13.8 Å². The number of ether oxygens (including phenoxy) is 1. The molecule has 0 aromatic heterocycles. The van der Waals surface area contributed by atoms with Gasteiger partial charge in [-0.25, -0.2) is 0 Å². The van der Waals surface area contributed by atoms with Crippen LogP contribution in [-0.4, -0.2) is 24.3 Å². The van der Waals surface area contributed by atoms with Crippen LogP contribution in [0.2, 0.25) is 0 Å². The van der Waals surface area contributed by atoms with E-state index in [1.54, 1.807) is 0 Å². The lowest BCUT2D eigenvalue weighted by atomic mass is 9.72. The van der Waals surface area contributed by atoms with Gasteiger partial charge in [-0.05, 0) is 12.3 Å². The van der Waals surface area contributed by atoms with Crippen LogP contribution in [0.15, 0.2) is 0 Å². The zero-order chi connectivity index (χ0) is 9.90. The molecule has 2 unspecified atom stereocenters. The maximum atomic E-state index is 10.7. The van der Waals surface area contributed by atoms with Crippen LogP contribution in [0.5, 0.6) is 0 Å². The van der Waals surface area contributed by atoms with Crippen molar-refractivity contribution >= 4 is 5.97 Å². The Kier molecular flexibility index (Phi) is 3.31.